The molecule has 1 aliphatic heterocycles. The first kappa shape index (κ1) is 12.4. The first-order valence-corrected chi connectivity index (χ1v) is 6.17. The van der Waals surface area contributed by atoms with Crippen molar-refractivity contribution in [2.24, 2.45) is 4.99 Å². The smallest absolute Gasteiger partial charge is 0.250 e. The van der Waals surface area contributed by atoms with Gasteiger partial charge in [0, 0.05) is 16.5 Å². The van der Waals surface area contributed by atoms with E-state index in [0.717, 1.165) is 5.56 Å². The summed E-state index contributed by atoms with van der Waals surface area (Å²) in [5.41, 5.74) is 0.798. The number of halogens is 2. The Hall–Kier alpha value is -1.06. The standard InChI is InChI=1S/C12H12Cl2N2O/c1-2-10-12(17)16-11(15-10)6-7-8(13)4-3-5-9(7)14/h3-5,10H,2,6H2,1H3,(H,15,16,17). The summed E-state index contributed by atoms with van der Waals surface area (Å²) in [5, 5.41) is 3.94. The van der Waals surface area contributed by atoms with Crippen LogP contribution in [0, 0.1) is 0 Å². The van der Waals surface area contributed by atoms with E-state index in [4.69, 9.17) is 23.2 Å². The maximum Gasteiger partial charge on any atom is 0.250 e. The molecule has 0 bridgehead atoms. The molecule has 0 aliphatic carbocycles. The van der Waals surface area contributed by atoms with Crippen LogP contribution in [0.25, 0.3) is 0 Å². The van der Waals surface area contributed by atoms with Gasteiger partial charge >= 0.3 is 0 Å². The van der Waals surface area contributed by atoms with Crippen molar-refractivity contribution in [1.82, 2.24) is 5.32 Å². The van der Waals surface area contributed by atoms with Crippen LogP contribution in [0.4, 0.5) is 0 Å². The van der Waals surface area contributed by atoms with Gasteiger partial charge in [0.2, 0.25) is 5.91 Å². The van der Waals surface area contributed by atoms with E-state index < -0.39 is 0 Å². The van der Waals surface area contributed by atoms with Crippen LogP contribution in [-0.4, -0.2) is 17.8 Å². The molecule has 1 heterocycles. The highest BCUT2D eigenvalue weighted by Gasteiger charge is 2.25. The van der Waals surface area contributed by atoms with Crippen LogP contribution in [0.1, 0.15) is 18.9 Å². The molecule has 90 valence electrons. The predicted octanol–water partition coefficient (Wildman–Crippen LogP) is 2.84. The van der Waals surface area contributed by atoms with Crippen molar-refractivity contribution >= 4 is 34.9 Å². The molecule has 1 N–H and O–H groups in total. The Bertz CT molecular complexity index is 465. The number of hydrogen-bond acceptors (Lipinski definition) is 2. The molecule has 1 atom stereocenters. The molecule has 1 amide bonds. The van der Waals surface area contributed by atoms with E-state index in [0.29, 0.717) is 28.7 Å². The van der Waals surface area contributed by atoms with Crippen LogP contribution in [-0.2, 0) is 11.2 Å². The van der Waals surface area contributed by atoms with Gasteiger partial charge in [0.15, 0.2) is 0 Å². The van der Waals surface area contributed by atoms with Gasteiger partial charge in [-0.3, -0.25) is 9.79 Å². The summed E-state index contributed by atoms with van der Waals surface area (Å²) < 4.78 is 0. The fraction of sp³-hybridized carbons (Fsp3) is 0.333. The Morgan fingerprint density at radius 2 is 2.00 bits per heavy atom. The number of rotatable bonds is 3. The second-order valence-corrected chi connectivity index (χ2v) is 4.68. The van der Waals surface area contributed by atoms with Crippen molar-refractivity contribution in [3.63, 3.8) is 0 Å². The minimum atomic E-state index is -0.272. The Morgan fingerprint density at radius 3 is 2.53 bits per heavy atom. The van der Waals surface area contributed by atoms with Crippen LogP contribution in [0.15, 0.2) is 23.2 Å². The van der Waals surface area contributed by atoms with Crippen molar-refractivity contribution in [2.45, 2.75) is 25.8 Å². The second kappa shape index (κ2) is 5.07. The summed E-state index contributed by atoms with van der Waals surface area (Å²) in [4.78, 5) is 15.8. The molecular formula is C12H12Cl2N2O. The highest BCUT2D eigenvalue weighted by molar-refractivity contribution is 6.36. The number of carbonyl (C=O) groups excluding carboxylic acids is 1. The molecule has 1 unspecified atom stereocenters. The van der Waals surface area contributed by atoms with Crippen LogP contribution in [0.2, 0.25) is 10.0 Å². The zero-order valence-corrected chi connectivity index (χ0v) is 10.8. The molecule has 1 aliphatic rings. The van der Waals surface area contributed by atoms with E-state index in [-0.39, 0.29) is 11.9 Å². The van der Waals surface area contributed by atoms with Gasteiger partial charge in [0.1, 0.15) is 11.9 Å². The van der Waals surface area contributed by atoms with Gasteiger partial charge in [0.05, 0.1) is 0 Å². The lowest BCUT2D eigenvalue weighted by Gasteiger charge is -2.06. The molecule has 2 rings (SSSR count). The van der Waals surface area contributed by atoms with Gasteiger partial charge in [-0.2, -0.15) is 0 Å². The van der Waals surface area contributed by atoms with Gasteiger partial charge in [-0.15, -0.1) is 0 Å². The van der Waals surface area contributed by atoms with Crippen molar-refractivity contribution in [2.75, 3.05) is 0 Å². The van der Waals surface area contributed by atoms with E-state index in [1.807, 2.05) is 6.92 Å². The van der Waals surface area contributed by atoms with Crippen molar-refractivity contribution in [3.05, 3.63) is 33.8 Å². The third-order valence-corrected chi connectivity index (χ3v) is 3.38. The van der Waals surface area contributed by atoms with Crippen LogP contribution in [0.5, 0.6) is 0 Å². The molecule has 5 heteroatoms. The van der Waals surface area contributed by atoms with E-state index in [9.17, 15) is 4.79 Å². The quantitative estimate of drug-likeness (QED) is 0.902. The molecule has 0 spiro atoms. The molecule has 1 aromatic rings. The normalized spacial score (nSPS) is 19.1. The number of hydrogen-bond donors (Lipinski definition) is 1. The Labute approximate surface area is 110 Å². The van der Waals surface area contributed by atoms with Crippen molar-refractivity contribution in [1.29, 1.82) is 0 Å². The number of nitrogens with one attached hydrogen (secondary N) is 1. The topological polar surface area (TPSA) is 41.5 Å². The molecule has 0 saturated heterocycles. The van der Waals surface area contributed by atoms with Gasteiger partial charge in [0.25, 0.3) is 0 Å². The summed E-state index contributed by atoms with van der Waals surface area (Å²) in [6.07, 6.45) is 1.16. The molecule has 0 saturated carbocycles. The SMILES string of the molecule is CCC1N=C(Cc2c(Cl)cccc2Cl)NC1=O. The monoisotopic (exact) mass is 270 g/mol. The maximum atomic E-state index is 11.5. The van der Waals surface area contributed by atoms with Crippen molar-refractivity contribution in [3.8, 4) is 0 Å². The fourth-order valence-corrected chi connectivity index (χ4v) is 2.27. The van der Waals surface area contributed by atoms with Crippen LogP contribution in [0.3, 0.4) is 0 Å². The Kier molecular flexibility index (Phi) is 3.69. The average molecular weight is 271 g/mol. The average Bonchev–Trinajstić information content (AvgIpc) is 2.64. The summed E-state index contributed by atoms with van der Waals surface area (Å²) in [7, 11) is 0. The third kappa shape index (κ3) is 2.61. The van der Waals surface area contributed by atoms with E-state index in [2.05, 4.69) is 10.3 Å². The largest absolute Gasteiger partial charge is 0.312 e. The van der Waals surface area contributed by atoms with Crippen LogP contribution >= 0.6 is 23.2 Å². The fourth-order valence-electron chi connectivity index (χ4n) is 1.74. The molecule has 17 heavy (non-hydrogen) atoms. The Balaban J connectivity index is 2.20. The third-order valence-electron chi connectivity index (χ3n) is 2.67. The summed E-state index contributed by atoms with van der Waals surface area (Å²) >= 11 is 12.1. The summed E-state index contributed by atoms with van der Waals surface area (Å²) in [6, 6.07) is 5.07. The first-order chi connectivity index (χ1) is 8.11. The number of nitrogens with zero attached hydrogens (tertiary/aromatic N) is 1. The first-order valence-electron chi connectivity index (χ1n) is 5.42. The molecule has 0 fully saturated rings. The molecular weight excluding hydrogens is 259 g/mol. The lowest BCUT2D eigenvalue weighted by atomic mass is 10.1. The van der Waals surface area contributed by atoms with Gasteiger partial charge in [-0.1, -0.05) is 36.2 Å². The molecule has 3 nitrogen and oxygen atoms in total. The zero-order chi connectivity index (χ0) is 12.4. The second-order valence-electron chi connectivity index (χ2n) is 3.87. The number of carbonyl (C=O) groups is 1. The molecule has 0 aromatic heterocycles. The van der Waals surface area contributed by atoms with Crippen LogP contribution < -0.4 is 5.32 Å². The zero-order valence-electron chi connectivity index (χ0n) is 9.34. The van der Waals surface area contributed by atoms with Gasteiger partial charge < -0.3 is 5.32 Å². The lowest BCUT2D eigenvalue weighted by molar-refractivity contribution is -0.120. The van der Waals surface area contributed by atoms with E-state index in [1.165, 1.54) is 0 Å². The van der Waals surface area contributed by atoms with E-state index in [1.54, 1.807) is 18.2 Å². The maximum absolute atomic E-state index is 11.5. The number of amidine groups is 1. The summed E-state index contributed by atoms with van der Waals surface area (Å²) in [6.45, 7) is 1.93. The van der Waals surface area contributed by atoms with E-state index >= 15 is 0 Å². The van der Waals surface area contributed by atoms with Gasteiger partial charge in [-0.25, -0.2) is 0 Å². The Morgan fingerprint density at radius 1 is 1.35 bits per heavy atom. The predicted molar refractivity (Wildman–Crippen MR) is 69.8 cm³/mol. The number of benzene rings is 1. The van der Waals surface area contributed by atoms with Crippen molar-refractivity contribution < 1.29 is 4.79 Å². The highest BCUT2D eigenvalue weighted by atomic mass is 35.5. The summed E-state index contributed by atoms with van der Waals surface area (Å²) in [5.74, 6) is 0.586. The minimum Gasteiger partial charge on any atom is -0.312 e. The molecule has 1 aromatic carbocycles. The lowest BCUT2D eigenvalue weighted by Crippen LogP contribution is -2.29. The molecule has 0 radical (unpaired) electrons. The van der Waals surface area contributed by atoms with Gasteiger partial charge in [-0.05, 0) is 24.1 Å². The number of amides is 1. The highest BCUT2D eigenvalue weighted by Crippen LogP contribution is 2.25. The number of aliphatic imine (C=N–C) groups is 1. The minimum absolute atomic E-state index is 0.0503.